The van der Waals surface area contributed by atoms with Gasteiger partial charge in [0, 0.05) is 22.8 Å². The first kappa shape index (κ1) is 12.6. The molecule has 0 atom stereocenters. The molecule has 0 amide bonds. The van der Waals surface area contributed by atoms with Gasteiger partial charge in [-0.2, -0.15) is 0 Å². The maximum Gasteiger partial charge on any atom is 0.262 e. The molecule has 0 spiro atoms. The molecule has 0 aliphatic heterocycles. The third-order valence-electron chi connectivity index (χ3n) is 4.02. The average molecular weight is 290 g/mol. The topological polar surface area (TPSA) is 65.3 Å². The van der Waals surface area contributed by atoms with Gasteiger partial charge in [0.05, 0.1) is 29.2 Å². The molecule has 108 valence electrons. The molecule has 0 bridgehead atoms. The van der Waals surface area contributed by atoms with E-state index in [2.05, 4.69) is 4.98 Å². The molecular weight excluding hydrogens is 276 g/mol. The van der Waals surface area contributed by atoms with Crippen molar-refractivity contribution in [2.24, 2.45) is 0 Å². The van der Waals surface area contributed by atoms with Crippen molar-refractivity contribution in [2.75, 3.05) is 5.73 Å². The van der Waals surface area contributed by atoms with E-state index in [4.69, 9.17) is 5.73 Å². The number of fused-ring (bicyclic) bond motifs is 2. The number of nitrogens with two attached hydrogens (primary N) is 1. The summed E-state index contributed by atoms with van der Waals surface area (Å²) in [7, 11) is 0. The van der Waals surface area contributed by atoms with Gasteiger partial charge < -0.3 is 10.1 Å². The molecule has 3 aromatic heterocycles. The summed E-state index contributed by atoms with van der Waals surface area (Å²) in [6.07, 6.45) is 5.27. The molecule has 2 N–H and O–H groups in total. The zero-order valence-electron chi connectivity index (χ0n) is 12.0. The number of pyridine rings is 1. The summed E-state index contributed by atoms with van der Waals surface area (Å²) in [5.74, 6) is -0.0888. The molecule has 0 unspecified atom stereocenters. The van der Waals surface area contributed by atoms with Crippen molar-refractivity contribution in [3.63, 3.8) is 0 Å². The van der Waals surface area contributed by atoms with Crippen molar-refractivity contribution in [2.45, 2.75) is 6.92 Å². The summed E-state index contributed by atoms with van der Waals surface area (Å²) in [5.41, 5.74) is 9.87. The van der Waals surface area contributed by atoms with Crippen molar-refractivity contribution in [1.82, 2.24) is 14.0 Å². The summed E-state index contributed by atoms with van der Waals surface area (Å²) in [6, 6.07) is 11.3. The molecule has 0 saturated carbocycles. The maximum absolute atomic E-state index is 12.9. The van der Waals surface area contributed by atoms with Crippen molar-refractivity contribution in [1.29, 1.82) is 0 Å². The van der Waals surface area contributed by atoms with Crippen LogP contribution in [-0.2, 0) is 0 Å². The summed E-state index contributed by atoms with van der Waals surface area (Å²) >= 11 is 0. The lowest BCUT2D eigenvalue weighted by atomic mass is 10.2. The molecule has 5 heteroatoms. The van der Waals surface area contributed by atoms with Crippen LogP contribution in [0.2, 0.25) is 0 Å². The van der Waals surface area contributed by atoms with E-state index in [0.717, 1.165) is 22.1 Å². The van der Waals surface area contributed by atoms with Gasteiger partial charge in [-0.15, -0.1) is 0 Å². The fourth-order valence-electron chi connectivity index (χ4n) is 2.84. The normalized spacial score (nSPS) is 11.3. The first-order chi connectivity index (χ1) is 10.7. The summed E-state index contributed by atoms with van der Waals surface area (Å²) < 4.78 is 3.54. The monoisotopic (exact) mass is 290 g/mol. The Morgan fingerprint density at radius 3 is 2.91 bits per heavy atom. The van der Waals surface area contributed by atoms with Crippen LogP contribution < -0.4 is 5.73 Å². The molecule has 0 aliphatic carbocycles. The minimum Gasteiger partial charge on any atom is -0.397 e. The number of aromatic nitrogens is 3. The van der Waals surface area contributed by atoms with Gasteiger partial charge in [-0.25, -0.2) is 4.98 Å². The first-order valence-electron chi connectivity index (χ1n) is 6.99. The average Bonchev–Trinajstić information content (AvgIpc) is 3.10. The number of anilines is 1. The van der Waals surface area contributed by atoms with Crippen molar-refractivity contribution in [3.8, 4) is 0 Å². The van der Waals surface area contributed by atoms with Crippen LogP contribution in [0.15, 0.2) is 55.1 Å². The second-order valence-electron chi connectivity index (χ2n) is 5.30. The smallest absolute Gasteiger partial charge is 0.262 e. The molecule has 1 aromatic carbocycles. The number of imidazole rings is 1. The van der Waals surface area contributed by atoms with E-state index in [9.17, 15) is 4.79 Å². The number of rotatable bonds is 1. The zero-order valence-corrected chi connectivity index (χ0v) is 12.0. The fraction of sp³-hybridized carbons (Fsp3) is 0.0588. The predicted molar refractivity (Wildman–Crippen MR) is 86.0 cm³/mol. The Labute approximate surface area is 126 Å². The summed E-state index contributed by atoms with van der Waals surface area (Å²) in [4.78, 5) is 17.0. The number of carbonyl (C=O) groups is 1. The summed E-state index contributed by atoms with van der Waals surface area (Å²) in [5, 5.41) is 0.902. The van der Waals surface area contributed by atoms with Gasteiger partial charge in [0.1, 0.15) is 0 Å². The van der Waals surface area contributed by atoms with E-state index >= 15 is 0 Å². The second kappa shape index (κ2) is 4.46. The van der Waals surface area contributed by atoms with Crippen LogP contribution in [-0.4, -0.2) is 19.9 Å². The van der Waals surface area contributed by atoms with Crippen molar-refractivity contribution >= 4 is 28.0 Å². The van der Waals surface area contributed by atoms with Gasteiger partial charge in [0.25, 0.3) is 5.91 Å². The van der Waals surface area contributed by atoms with E-state index in [1.54, 1.807) is 23.2 Å². The lowest BCUT2D eigenvalue weighted by Gasteiger charge is -2.07. The van der Waals surface area contributed by atoms with Crippen LogP contribution in [0.3, 0.4) is 0 Å². The molecular formula is C17H14N4O. The minimum atomic E-state index is -0.0888. The van der Waals surface area contributed by atoms with E-state index in [1.165, 1.54) is 0 Å². The van der Waals surface area contributed by atoms with Crippen LogP contribution in [0.4, 0.5) is 5.69 Å². The Bertz CT molecular complexity index is 1030. The molecule has 3 heterocycles. The molecule has 5 nitrogen and oxygen atoms in total. The number of nitrogen functional groups attached to an aromatic ring is 1. The van der Waals surface area contributed by atoms with Crippen LogP contribution in [0.1, 0.15) is 16.1 Å². The molecule has 0 radical (unpaired) electrons. The van der Waals surface area contributed by atoms with Crippen LogP contribution >= 0.6 is 0 Å². The number of hydrogen-bond acceptors (Lipinski definition) is 3. The van der Waals surface area contributed by atoms with Crippen molar-refractivity contribution < 1.29 is 4.79 Å². The van der Waals surface area contributed by atoms with Gasteiger partial charge in [0.15, 0.2) is 0 Å². The van der Waals surface area contributed by atoms with Crippen LogP contribution in [0.5, 0.6) is 0 Å². The largest absolute Gasteiger partial charge is 0.397 e. The van der Waals surface area contributed by atoms with Gasteiger partial charge in [-0.1, -0.05) is 18.2 Å². The molecule has 4 rings (SSSR count). The highest BCUT2D eigenvalue weighted by Crippen LogP contribution is 2.28. The maximum atomic E-state index is 12.9. The number of carbonyl (C=O) groups excluding carboxylic acids is 1. The Balaban J connectivity index is 1.94. The van der Waals surface area contributed by atoms with Crippen molar-refractivity contribution in [3.05, 3.63) is 66.4 Å². The Hall–Kier alpha value is -3.08. The van der Waals surface area contributed by atoms with Crippen LogP contribution in [0, 0.1) is 6.92 Å². The van der Waals surface area contributed by atoms with Gasteiger partial charge >= 0.3 is 0 Å². The third kappa shape index (κ3) is 1.65. The second-order valence-corrected chi connectivity index (χ2v) is 5.30. The number of nitrogens with zero attached hydrogens (tertiary/aromatic N) is 3. The standard InChI is InChI=1S/C17H14N4O/c1-11-16(18)14-4-2-3-5-15(14)21(11)17(22)12-6-7-20-10-19-9-13(20)8-12/h2-10H,18H2,1H3. The zero-order chi connectivity index (χ0) is 15.3. The molecule has 4 aromatic rings. The first-order valence-corrected chi connectivity index (χ1v) is 6.99. The van der Waals surface area contributed by atoms with E-state index in [0.29, 0.717) is 11.3 Å². The predicted octanol–water partition coefficient (Wildman–Crippen LogP) is 2.87. The van der Waals surface area contributed by atoms with E-state index in [1.807, 2.05) is 47.9 Å². The molecule has 0 saturated heterocycles. The molecule has 22 heavy (non-hydrogen) atoms. The highest BCUT2D eigenvalue weighted by Gasteiger charge is 2.18. The van der Waals surface area contributed by atoms with Crippen LogP contribution in [0.25, 0.3) is 16.4 Å². The molecule has 0 fully saturated rings. The van der Waals surface area contributed by atoms with Gasteiger partial charge in [0.2, 0.25) is 0 Å². The Morgan fingerprint density at radius 2 is 2.05 bits per heavy atom. The highest BCUT2D eigenvalue weighted by atomic mass is 16.2. The lowest BCUT2D eigenvalue weighted by molar-refractivity contribution is 0.0963. The molecule has 0 aliphatic rings. The fourth-order valence-corrected chi connectivity index (χ4v) is 2.84. The Kier molecular flexibility index (Phi) is 2.56. The van der Waals surface area contributed by atoms with E-state index < -0.39 is 0 Å². The quantitative estimate of drug-likeness (QED) is 0.586. The number of hydrogen-bond donors (Lipinski definition) is 1. The lowest BCUT2D eigenvalue weighted by Crippen LogP contribution is -2.13. The number of benzene rings is 1. The highest BCUT2D eigenvalue weighted by molar-refractivity contribution is 6.07. The summed E-state index contributed by atoms with van der Waals surface area (Å²) in [6.45, 7) is 1.87. The van der Waals surface area contributed by atoms with Gasteiger partial charge in [-0.3, -0.25) is 9.36 Å². The van der Waals surface area contributed by atoms with E-state index in [-0.39, 0.29) is 5.91 Å². The SMILES string of the molecule is Cc1c(N)c2ccccc2n1C(=O)c1ccn2cncc2c1. The number of para-hydroxylation sites is 1. The Morgan fingerprint density at radius 1 is 1.23 bits per heavy atom. The third-order valence-corrected chi connectivity index (χ3v) is 4.02. The minimum absolute atomic E-state index is 0.0888. The van der Waals surface area contributed by atoms with Gasteiger partial charge in [-0.05, 0) is 25.1 Å².